The van der Waals surface area contributed by atoms with E-state index in [0.29, 0.717) is 19.6 Å². The molecule has 1 fully saturated rings. The Morgan fingerprint density at radius 1 is 1.03 bits per heavy atom. The molecule has 0 saturated carbocycles. The van der Waals surface area contributed by atoms with Gasteiger partial charge >= 0.3 is 6.61 Å². The molecule has 1 saturated heterocycles. The zero-order valence-corrected chi connectivity index (χ0v) is 18.8. The van der Waals surface area contributed by atoms with Gasteiger partial charge in [-0.2, -0.15) is 8.78 Å². The highest BCUT2D eigenvalue weighted by molar-refractivity contribution is 5.81. The Bertz CT molecular complexity index is 874. The van der Waals surface area contributed by atoms with Crippen molar-refractivity contribution in [3.05, 3.63) is 59.7 Å². The molecule has 0 aromatic heterocycles. The average Bonchev–Trinajstić information content (AvgIpc) is 2.80. The number of carbonyl (C=O) groups is 1. The van der Waals surface area contributed by atoms with Crippen LogP contribution in [0.3, 0.4) is 0 Å². The molecule has 32 heavy (non-hydrogen) atoms. The van der Waals surface area contributed by atoms with E-state index in [-0.39, 0.29) is 23.4 Å². The van der Waals surface area contributed by atoms with E-state index in [1.165, 1.54) is 18.7 Å². The van der Waals surface area contributed by atoms with E-state index in [0.717, 1.165) is 25.2 Å². The quantitative estimate of drug-likeness (QED) is 0.589. The molecule has 0 aliphatic carbocycles. The van der Waals surface area contributed by atoms with Gasteiger partial charge in [-0.1, -0.05) is 36.4 Å². The highest BCUT2D eigenvalue weighted by atomic mass is 19.3. The van der Waals surface area contributed by atoms with Gasteiger partial charge in [-0.15, -0.1) is 0 Å². The number of carbonyl (C=O) groups excluding carboxylic acids is 1. The number of rotatable bonds is 9. The molecule has 174 valence electrons. The second-order valence-corrected chi connectivity index (χ2v) is 8.04. The SMILES string of the molecule is COc1cc(CN(C)[C@@H](C)C(=O)N2CCN(Cc3ccccc3)CC2)ccc1OC(F)F. The first kappa shape index (κ1) is 23.9. The zero-order chi connectivity index (χ0) is 23.1. The van der Waals surface area contributed by atoms with Crippen LogP contribution in [0.5, 0.6) is 11.5 Å². The molecule has 1 aliphatic rings. The lowest BCUT2D eigenvalue weighted by Gasteiger charge is -2.37. The minimum absolute atomic E-state index is 0.00796. The van der Waals surface area contributed by atoms with Crippen molar-refractivity contribution < 1.29 is 23.0 Å². The van der Waals surface area contributed by atoms with Gasteiger partial charge in [0.1, 0.15) is 0 Å². The first-order valence-electron chi connectivity index (χ1n) is 10.7. The highest BCUT2D eigenvalue weighted by Crippen LogP contribution is 2.30. The third-order valence-electron chi connectivity index (χ3n) is 5.83. The Balaban J connectivity index is 1.52. The van der Waals surface area contributed by atoms with Gasteiger partial charge in [-0.25, -0.2) is 0 Å². The van der Waals surface area contributed by atoms with E-state index in [4.69, 9.17) is 4.74 Å². The summed E-state index contributed by atoms with van der Waals surface area (Å²) in [5, 5.41) is 0. The Morgan fingerprint density at radius 3 is 2.34 bits per heavy atom. The van der Waals surface area contributed by atoms with Gasteiger partial charge in [0, 0.05) is 39.3 Å². The van der Waals surface area contributed by atoms with Crippen molar-refractivity contribution in [2.75, 3.05) is 40.3 Å². The fourth-order valence-corrected chi connectivity index (χ4v) is 3.85. The van der Waals surface area contributed by atoms with Crippen LogP contribution in [-0.2, 0) is 17.9 Å². The highest BCUT2D eigenvalue weighted by Gasteiger charge is 2.27. The summed E-state index contributed by atoms with van der Waals surface area (Å²) in [6.45, 7) is 3.46. The molecule has 0 radical (unpaired) electrons. The molecule has 6 nitrogen and oxygen atoms in total. The Hall–Kier alpha value is -2.71. The van der Waals surface area contributed by atoms with Crippen LogP contribution in [0, 0.1) is 0 Å². The molecule has 1 heterocycles. The summed E-state index contributed by atoms with van der Waals surface area (Å²) in [7, 11) is 3.29. The monoisotopic (exact) mass is 447 g/mol. The summed E-state index contributed by atoms with van der Waals surface area (Å²) in [4.78, 5) is 19.3. The Labute approximate surface area is 188 Å². The average molecular weight is 448 g/mol. The van der Waals surface area contributed by atoms with Crippen molar-refractivity contribution in [2.24, 2.45) is 0 Å². The van der Waals surface area contributed by atoms with Crippen molar-refractivity contribution in [2.45, 2.75) is 32.7 Å². The van der Waals surface area contributed by atoms with E-state index in [9.17, 15) is 13.6 Å². The molecule has 0 unspecified atom stereocenters. The maximum Gasteiger partial charge on any atom is 0.387 e. The van der Waals surface area contributed by atoms with Crippen molar-refractivity contribution >= 4 is 5.91 Å². The van der Waals surface area contributed by atoms with Gasteiger partial charge in [0.05, 0.1) is 13.2 Å². The molecule has 8 heteroatoms. The van der Waals surface area contributed by atoms with Crippen molar-refractivity contribution in [1.82, 2.24) is 14.7 Å². The number of hydrogen-bond donors (Lipinski definition) is 0. The van der Waals surface area contributed by atoms with Crippen molar-refractivity contribution in [1.29, 1.82) is 0 Å². The lowest BCUT2D eigenvalue weighted by atomic mass is 10.1. The number of benzene rings is 2. The summed E-state index contributed by atoms with van der Waals surface area (Å²) in [6, 6.07) is 14.9. The van der Waals surface area contributed by atoms with Crippen LogP contribution in [0.25, 0.3) is 0 Å². The number of hydrogen-bond acceptors (Lipinski definition) is 5. The summed E-state index contributed by atoms with van der Waals surface area (Å²) < 4.78 is 34.7. The summed E-state index contributed by atoms with van der Waals surface area (Å²) in [5.74, 6) is 0.326. The van der Waals surface area contributed by atoms with Crippen LogP contribution >= 0.6 is 0 Å². The van der Waals surface area contributed by atoms with Gasteiger partial charge in [0.15, 0.2) is 11.5 Å². The summed E-state index contributed by atoms with van der Waals surface area (Å²) >= 11 is 0. The van der Waals surface area contributed by atoms with E-state index in [2.05, 4.69) is 21.8 Å². The number of methoxy groups -OCH3 is 1. The predicted molar refractivity (Wildman–Crippen MR) is 119 cm³/mol. The van der Waals surface area contributed by atoms with E-state index >= 15 is 0 Å². The Morgan fingerprint density at radius 2 is 1.72 bits per heavy atom. The predicted octanol–water partition coefficient (Wildman–Crippen LogP) is 3.46. The topological polar surface area (TPSA) is 45.2 Å². The maximum atomic E-state index is 13.0. The van der Waals surface area contributed by atoms with Crippen LogP contribution in [-0.4, -0.2) is 73.6 Å². The summed E-state index contributed by atoms with van der Waals surface area (Å²) in [5.41, 5.74) is 2.12. The molecule has 1 amide bonds. The van der Waals surface area contributed by atoms with Gasteiger partial charge in [0.25, 0.3) is 0 Å². The molecule has 0 N–H and O–H groups in total. The number of nitrogens with zero attached hydrogens (tertiary/aromatic N) is 3. The number of alkyl halides is 2. The minimum Gasteiger partial charge on any atom is -0.493 e. The third-order valence-corrected chi connectivity index (χ3v) is 5.83. The van der Waals surface area contributed by atoms with Crippen LogP contribution < -0.4 is 9.47 Å². The van der Waals surface area contributed by atoms with Crippen LogP contribution in [0.2, 0.25) is 0 Å². The fourth-order valence-electron chi connectivity index (χ4n) is 3.85. The third kappa shape index (κ3) is 6.40. The number of halogens is 2. The van der Waals surface area contributed by atoms with Gasteiger partial charge in [0.2, 0.25) is 5.91 Å². The molecule has 3 rings (SSSR count). The van der Waals surface area contributed by atoms with Crippen LogP contribution in [0.15, 0.2) is 48.5 Å². The molecular formula is C24H31F2N3O3. The summed E-state index contributed by atoms with van der Waals surface area (Å²) in [6.07, 6.45) is 0. The maximum absolute atomic E-state index is 13.0. The lowest BCUT2D eigenvalue weighted by Crippen LogP contribution is -2.53. The van der Waals surface area contributed by atoms with E-state index < -0.39 is 6.61 Å². The number of ether oxygens (including phenoxy) is 2. The smallest absolute Gasteiger partial charge is 0.387 e. The molecule has 2 aromatic rings. The second kappa shape index (κ2) is 11.2. The molecule has 1 aliphatic heterocycles. The lowest BCUT2D eigenvalue weighted by molar-refractivity contribution is -0.138. The zero-order valence-electron chi connectivity index (χ0n) is 18.8. The van der Waals surface area contributed by atoms with Gasteiger partial charge in [-0.3, -0.25) is 14.6 Å². The molecular weight excluding hydrogens is 416 g/mol. The fraction of sp³-hybridized carbons (Fsp3) is 0.458. The minimum atomic E-state index is -2.91. The van der Waals surface area contributed by atoms with Gasteiger partial charge < -0.3 is 14.4 Å². The van der Waals surface area contributed by atoms with Crippen molar-refractivity contribution in [3.63, 3.8) is 0 Å². The molecule has 2 aromatic carbocycles. The van der Waals surface area contributed by atoms with Crippen LogP contribution in [0.4, 0.5) is 8.78 Å². The van der Waals surface area contributed by atoms with Gasteiger partial charge in [-0.05, 0) is 37.2 Å². The largest absolute Gasteiger partial charge is 0.493 e. The first-order valence-corrected chi connectivity index (χ1v) is 10.7. The normalized spacial score (nSPS) is 15.8. The molecule has 0 bridgehead atoms. The second-order valence-electron chi connectivity index (χ2n) is 8.04. The first-order chi connectivity index (χ1) is 15.4. The standard InChI is InChI=1S/C24H31F2N3O3/c1-18(27(2)16-20-9-10-21(32-24(25)26)22(15-20)31-3)23(30)29-13-11-28(12-14-29)17-19-7-5-4-6-8-19/h4-10,15,18,24H,11-14,16-17H2,1-3H3/t18-/m0/s1. The Kier molecular flexibility index (Phi) is 8.41. The number of likely N-dealkylation sites (N-methyl/N-ethyl adjacent to an activating group) is 1. The van der Waals surface area contributed by atoms with E-state index in [1.807, 2.05) is 42.0 Å². The molecule has 1 atom stereocenters. The number of amides is 1. The van der Waals surface area contributed by atoms with E-state index in [1.54, 1.807) is 12.1 Å². The number of piperazine rings is 1. The van der Waals surface area contributed by atoms with Crippen LogP contribution in [0.1, 0.15) is 18.1 Å². The van der Waals surface area contributed by atoms with Crippen molar-refractivity contribution in [3.8, 4) is 11.5 Å². The molecule has 0 spiro atoms.